The third kappa shape index (κ3) is 2.54. The van der Waals surface area contributed by atoms with Crippen molar-refractivity contribution in [1.29, 1.82) is 0 Å². The maximum Gasteiger partial charge on any atom is 0.152 e. The summed E-state index contributed by atoms with van der Waals surface area (Å²) < 4.78 is 30.5. The molecular weight excluding hydrogens is 266 g/mol. The lowest BCUT2D eigenvalue weighted by atomic mass is 9.97. The van der Waals surface area contributed by atoms with Gasteiger partial charge in [0.25, 0.3) is 0 Å². The molecule has 3 atom stereocenters. The molecule has 0 bridgehead atoms. The summed E-state index contributed by atoms with van der Waals surface area (Å²) in [5, 5.41) is 0. The lowest BCUT2D eigenvalue weighted by Crippen LogP contribution is -2.26. The van der Waals surface area contributed by atoms with Gasteiger partial charge in [-0.1, -0.05) is 0 Å². The number of nitrogens with zero attached hydrogens (tertiary/aromatic N) is 2. The molecule has 7 heteroatoms. The Morgan fingerprint density at radius 1 is 1.47 bits per heavy atom. The van der Waals surface area contributed by atoms with Crippen LogP contribution in [0.2, 0.25) is 0 Å². The van der Waals surface area contributed by atoms with Crippen molar-refractivity contribution >= 4 is 9.84 Å². The minimum Gasteiger partial charge on any atom is -0.381 e. The predicted octanol–water partition coefficient (Wildman–Crippen LogP) is 0.279. The molecule has 0 aliphatic carbocycles. The normalized spacial score (nSPS) is 31.6. The van der Waals surface area contributed by atoms with E-state index in [9.17, 15) is 8.42 Å². The molecule has 3 unspecified atom stereocenters. The summed E-state index contributed by atoms with van der Waals surface area (Å²) in [6, 6.07) is -0.149. The highest BCUT2D eigenvalue weighted by Gasteiger charge is 2.33. The Morgan fingerprint density at radius 3 is 2.95 bits per heavy atom. The Bertz CT molecular complexity index is 548. The van der Waals surface area contributed by atoms with Crippen molar-refractivity contribution in [2.24, 2.45) is 11.7 Å². The van der Waals surface area contributed by atoms with Gasteiger partial charge in [0.1, 0.15) is 0 Å². The van der Waals surface area contributed by atoms with Crippen molar-refractivity contribution in [2.45, 2.75) is 24.9 Å². The number of sulfone groups is 1. The molecule has 2 fully saturated rings. The molecule has 2 saturated heterocycles. The van der Waals surface area contributed by atoms with E-state index in [-0.39, 0.29) is 23.6 Å². The molecule has 0 amide bonds. The zero-order chi connectivity index (χ0) is 13.5. The Balaban J connectivity index is 1.82. The van der Waals surface area contributed by atoms with Crippen LogP contribution in [0.1, 0.15) is 30.6 Å². The average molecular weight is 285 g/mol. The summed E-state index contributed by atoms with van der Waals surface area (Å²) in [5.74, 6) is 0.759. The quantitative estimate of drug-likeness (QED) is 0.862. The van der Waals surface area contributed by atoms with E-state index >= 15 is 0 Å². The van der Waals surface area contributed by atoms with E-state index < -0.39 is 9.84 Å². The van der Waals surface area contributed by atoms with Crippen LogP contribution in [-0.2, 0) is 14.6 Å². The number of imidazole rings is 1. The van der Waals surface area contributed by atoms with Crippen LogP contribution < -0.4 is 5.73 Å². The van der Waals surface area contributed by atoms with Crippen molar-refractivity contribution in [1.82, 2.24) is 9.55 Å². The number of rotatable bonds is 3. The SMILES string of the molecule is NC(c1cncn1C1CCS(=O)(=O)C1)C1CCOC1. The fourth-order valence-electron chi connectivity index (χ4n) is 2.95. The van der Waals surface area contributed by atoms with Crippen molar-refractivity contribution in [3.05, 3.63) is 18.2 Å². The van der Waals surface area contributed by atoms with Gasteiger partial charge in [0.05, 0.1) is 36.2 Å². The van der Waals surface area contributed by atoms with E-state index in [4.69, 9.17) is 10.5 Å². The Labute approximate surface area is 112 Å². The van der Waals surface area contributed by atoms with Crippen LogP contribution >= 0.6 is 0 Å². The van der Waals surface area contributed by atoms with Gasteiger partial charge in [-0.25, -0.2) is 13.4 Å². The highest BCUT2D eigenvalue weighted by atomic mass is 32.2. The number of aromatic nitrogens is 2. The standard InChI is InChI=1S/C12H19N3O3S/c13-12(9-1-3-18-6-9)11-5-14-8-15(11)10-2-4-19(16,17)7-10/h5,8-10,12H,1-4,6-7,13H2. The molecule has 2 N–H and O–H groups in total. The Kier molecular flexibility index (Phi) is 3.36. The first-order valence-corrected chi connectivity index (χ1v) is 8.44. The number of hydrogen-bond acceptors (Lipinski definition) is 5. The molecule has 0 radical (unpaired) electrons. The monoisotopic (exact) mass is 285 g/mol. The summed E-state index contributed by atoms with van der Waals surface area (Å²) >= 11 is 0. The fraction of sp³-hybridized carbons (Fsp3) is 0.750. The molecule has 0 saturated carbocycles. The summed E-state index contributed by atoms with van der Waals surface area (Å²) in [7, 11) is -2.90. The summed E-state index contributed by atoms with van der Waals surface area (Å²) in [6.45, 7) is 1.43. The van der Waals surface area contributed by atoms with Crippen LogP contribution in [0.15, 0.2) is 12.5 Å². The highest BCUT2D eigenvalue weighted by Crippen LogP contribution is 2.31. The molecule has 1 aromatic heterocycles. The third-order valence-electron chi connectivity index (χ3n) is 4.11. The average Bonchev–Trinajstić information content (AvgIpc) is 3.06. The van der Waals surface area contributed by atoms with Crippen LogP contribution in [0.3, 0.4) is 0 Å². The van der Waals surface area contributed by atoms with Crippen LogP contribution in [0.5, 0.6) is 0 Å². The van der Waals surface area contributed by atoms with E-state index in [1.165, 1.54) is 0 Å². The molecule has 3 heterocycles. The molecule has 6 nitrogen and oxygen atoms in total. The first-order chi connectivity index (χ1) is 9.07. The molecule has 0 spiro atoms. The van der Waals surface area contributed by atoms with Crippen LogP contribution in [0.4, 0.5) is 0 Å². The first-order valence-electron chi connectivity index (χ1n) is 6.62. The molecule has 0 aromatic carbocycles. The molecule has 106 valence electrons. The van der Waals surface area contributed by atoms with Crippen molar-refractivity contribution < 1.29 is 13.2 Å². The van der Waals surface area contributed by atoms with Gasteiger partial charge in [-0.2, -0.15) is 0 Å². The molecule has 19 heavy (non-hydrogen) atoms. The second-order valence-corrected chi connectivity index (χ2v) is 7.66. The van der Waals surface area contributed by atoms with E-state index in [1.54, 1.807) is 12.5 Å². The summed E-state index contributed by atoms with van der Waals surface area (Å²) in [6.07, 6.45) is 5.07. The van der Waals surface area contributed by atoms with E-state index in [0.717, 1.165) is 18.7 Å². The van der Waals surface area contributed by atoms with Gasteiger partial charge in [0, 0.05) is 24.8 Å². The maximum atomic E-state index is 11.6. The zero-order valence-corrected chi connectivity index (χ0v) is 11.6. The summed E-state index contributed by atoms with van der Waals surface area (Å²) in [5.41, 5.74) is 7.22. The van der Waals surface area contributed by atoms with Crippen molar-refractivity contribution in [3.8, 4) is 0 Å². The second kappa shape index (κ2) is 4.88. The second-order valence-electron chi connectivity index (χ2n) is 5.43. The molecule has 2 aliphatic heterocycles. The van der Waals surface area contributed by atoms with Gasteiger partial charge in [-0.3, -0.25) is 0 Å². The minimum absolute atomic E-state index is 0.0177. The first kappa shape index (κ1) is 13.1. The largest absolute Gasteiger partial charge is 0.381 e. The maximum absolute atomic E-state index is 11.6. The van der Waals surface area contributed by atoms with Crippen LogP contribution in [-0.4, -0.2) is 42.7 Å². The van der Waals surface area contributed by atoms with E-state index in [2.05, 4.69) is 4.98 Å². The van der Waals surface area contributed by atoms with Gasteiger partial charge < -0.3 is 15.0 Å². The topological polar surface area (TPSA) is 87.2 Å². The van der Waals surface area contributed by atoms with E-state index in [0.29, 0.717) is 18.9 Å². The van der Waals surface area contributed by atoms with Gasteiger partial charge in [-0.15, -0.1) is 0 Å². The predicted molar refractivity (Wildman–Crippen MR) is 70.4 cm³/mol. The third-order valence-corrected chi connectivity index (χ3v) is 5.86. The molecule has 1 aromatic rings. The zero-order valence-electron chi connectivity index (χ0n) is 10.7. The summed E-state index contributed by atoms with van der Waals surface area (Å²) in [4.78, 5) is 4.15. The van der Waals surface area contributed by atoms with Crippen LogP contribution in [0, 0.1) is 5.92 Å². The number of nitrogens with two attached hydrogens (primary N) is 1. The minimum atomic E-state index is -2.90. The van der Waals surface area contributed by atoms with Gasteiger partial charge >= 0.3 is 0 Å². The highest BCUT2D eigenvalue weighted by molar-refractivity contribution is 7.91. The fourth-order valence-corrected chi connectivity index (χ4v) is 4.66. The van der Waals surface area contributed by atoms with E-state index in [1.807, 2.05) is 4.57 Å². The Hall–Kier alpha value is -0.920. The van der Waals surface area contributed by atoms with Crippen molar-refractivity contribution in [2.75, 3.05) is 24.7 Å². The number of ether oxygens (including phenoxy) is 1. The van der Waals surface area contributed by atoms with Crippen LogP contribution in [0.25, 0.3) is 0 Å². The molecule has 2 aliphatic rings. The number of hydrogen-bond donors (Lipinski definition) is 1. The van der Waals surface area contributed by atoms with Crippen molar-refractivity contribution in [3.63, 3.8) is 0 Å². The molecular formula is C12H19N3O3S. The molecule has 3 rings (SSSR count). The smallest absolute Gasteiger partial charge is 0.152 e. The Morgan fingerprint density at radius 2 is 2.32 bits per heavy atom. The van der Waals surface area contributed by atoms with Gasteiger partial charge in [0.2, 0.25) is 0 Å². The lowest BCUT2D eigenvalue weighted by Gasteiger charge is -2.22. The van der Waals surface area contributed by atoms with Gasteiger partial charge in [0.15, 0.2) is 9.84 Å². The van der Waals surface area contributed by atoms with Gasteiger partial charge in [-0.05, 0) is 12.8 Å². The lowest BCUT2D eigenvalue weighted by molar-refractivity contribution is 0.180.